The van der Waals surface area contributed by atoms with E-state index >= 15 is 0 Å². The first kappa shape index (κ1) is 8.91. The molecule has 0 saturated carbocycles. The number of hydrogen-bond acceptors (Lipinski definition) is 3. The van der Waals surface area contributed by atoms with Crippen LogP contribution in [-0.4, -0.2) is 22.2 Å². The van der Waals surface area contributed by atoms with E-state index in [9.17, 15) is 4.79 Å². The van der Waals surface area contributed by atoms with E-state index in [1.807, 2.05) is 0 Å². The third-order valence-electron chi connectivity index (χ3n) is 0.648. The van der Waals surface area contributed by atoms with Gasteiger partial charge in [0.1, 0.15) is 0 Å². The minimum Gasteiger partial charge on any atom is -0.463 e. The van der Waals surface area contributed by atoms with Crippen LogP contribution in [0.1, 0.15) is 13.8 Å². The van der Waals surface area contributed by atoms with Gasteiger partial charge in [-0.1, -0.05) is 0 Å². The fraction of sp³-hybridized carbons (Fsp3) is 0.800. The zero-order valence-electron chi connectivity index (χ0n) is 5.35. The van der Waals surface area contributed by atoms with Gasteiger partial charge >= 0.3 is 5.97 Å². The van der Waals surface area contributed by atoms with Crippen LogP contribution in [0.3, 0.4) is 0 Å². The molecule has 0 radical (unpaired) electrons. The minimum absolute atomic E-state index is 0.278. The average Bonchev–Trinajstić information content (AvgIpc) is 1.64. The lowest BCUT2D eigenvalue weighted by molar-refractivity contribution is -0.154. The van der Waals surface area contributed by atoms with Crippen molar-refractivity contribution in [3.05, 3.63) is 0 Å². The lowest BCUT2D eigenvalue weighted by Gasteiger charge is -2.11. The second-order valence-electron chi connectivity index (χ2n) is 1.67. The molecular formula is C5H9BrO3. The highest BCUT2D eigenvalue weighted by molar-refractivity contribution is 9.10. The van der Waals surface area contributed by atoms with Gasteiger partial charge in [-0.15, -0.1) is 0 Å². The van der Waals surface area contributed by atoms with E-state index in [0.717, 1.165) is 0 Å². The highest BCUT2D eigenvalue weighted by Gasteiger charge is 2.27. The van der Waals surface area contributed by atoms with Crippen molar-refractivity contribution >= 4 is 21.9 Å². The number of halogens is 1. The first-order chi connectivity index (χ1) is 3.98. The molecule has 0 aromatic rings. The second-order valence-corrected chi connectivity index (χ2v) is 3.22. The van der Waals surface area contributed by atoms with Crippen molar-refractivity contribution in [3.63, 3.8) is 0 Å². The van der Waals surface area contributed by atoms with Crippen molar-refractivity contribution in [2.45, 2.75) is 18.4 Å². The quantitative estimate of drug-likeness (QED) is 0.522. The van der Waals surface area contributed by atoms with Gasteiger partial charge in [-0.05, 0) is 29.8 Å². The number of carbonyl (C=O) groups is 1. The van der Waals surface area contributed by atoms with Gasteiger partial charge in [0.2, 0.25) is 4.51 Å². The molecule has 0 aliphatic heterocycles. The molecule has 1 N–H and O–H groups in total. The van der Waals surface area contributed by atoms with Gasteiger partial charge in [0.05, 0.1) is 6.61 Å². The summed E-state index contributed by atoms with van der Waals surface area (Å²) in [6.45, 7) is 3.27. The molecule has 0 rings (SSSR count). The normalized spacial score (nSPS) is 16.4. The van der Waals surface area contributed by atoms with Crippen LogP contribution in [0.2, 0.25) is 0 Å². The van der Waals surface area contributed by atoms with E-state index in [1.165, 1.54) is 6.92 Å². The summed E-state index contributed by atoms with van der Waals surface area (Å²) in [5.41, 5.74) is 0. The summed E-state index contributed by atoms with van der Waals surface area (Å²) >= 11 is 2.73. The number of esters is 1. The van der Waals surface area contributed by atoms with E-state index in [2.05, 4.69) is 20.7 Å². The van der Waals surface area contributed by atoms with Crippen molar-refractivity contribution in [1.29, 1.82) is 0 Å². The summed E-state index contributed by atoms with van der Waals surface area (Å²) in [7, 11) is 0. The summed E-state index contributed by atoms with van der Waals surface area (Å²) < 4.78 is 2.93. The smallest absolute Gasteiger partial charge is 0.349 e. The third kappa shape index (κ3) is 3.48. The van der Waals surface area contributed by atoms with Crippen LogP contribution in [-0.2, 0) is 9.53 Å². The van der Waals surface area contributed by atoms with E-state index in [0.29, 0.717) is 0 Å². The molecular weight excluding hydrogens is 188 g/mol. The van der Waals surface area contributed by atoms with Crippen molar-refractivity contribution < 1.29 is 14.6 Å². The third-order valence-corrected chi connectivity index (χ3v) is 0.972. The SMILES string of the molecule is CCOC(=O)C(C)(O)Br. The number of hydrogen-bond donors (Lipinski definition) is 1. The Morgan fingerprint density at radius 2 is 2.33 bits per heavy atom. The van der Waals surface area contributed by atoms with Gasteiger partial charge in [0, 0.05) is 0 Å². The van der Waals surface area contributed by atoms with E-state index in [1.54, 1.807) is 6.92 Å². The number of aliphatic hydroxyl groups is 1. The Bertz CT molecular complexity index is 105. The van der Waals surface area contributed by atoms with Gasteiger partial charge in [0.15, 0.2) is 0 Å². The standard InChI is InChI=1S/C5H9BrO3/c1-3-9-4(7)5(2,6)8/h8H,3H2,1-2H3. The van der Waals surface area contributed by atoms with Crippen LogP contribution in [0, 0.1) is 0 Å². The van der Waals surface area contributed by atoms with E-state index in [4.69, 9.17) is 5.11 Å². The van der Waals surface area contributed by atoms with Crippen LogP contribution in [0.5, 0.6) is 0 Å². The molecule has 0 bridgehead atoms. The molecule has 1 atom stereocenters. The first-order valence-corrected chi connectivity index (χ1v) is 3.36. The number of ether oxygens (including phenoxy) is 1. The highest BCUT2D eigenvalue weighted by Crippen LogP contribution is 2.13. The van der Waals surface area contributed by atoms with Gasteiger partial charge in [0.25, 0.3) is 0 Å². The topological polar surface area (TPSA) is 46.5 Å². The Morgan fingerprint density at radius 3 is 2.44 bits per heavy atom. The maximum absolute atomic E-state index is 10.5. The van der Waals surface area contributed by atoms with Crippen LogP contribution >= 0.6 is 15.9 Å². The van der Waals surface area contributed by atoms with Crippen LogP contribution in [0.4, 0.5) is 0 Å². The van der Waals surface area contributed by atoms with Crippen molar-refractivity contribution in [2.24, 2.45) is 0 Å². The molecule has 4 heteroatoms. The predicted octanol–water partition coefficient (Wildman–Crippen LogP) is 0.653. The molecule has 0 fully saturated rings. The van der Waals surface area contributed by atoms with Gasteiger partial charge in [-0.25, -0.2) is 4.79 Å². The Kier molecular flexibility index (Phi) is 3.14. The first-order valence-electron chi connectivity index (χ1n) is 2.57. The lowest BCUT2D eigenvalue weighted by Crippen LogP contribution is -2.29. The largest absolute Gasteiger partial charge is 0.463 e. The van der Waals surface area contributed by atoms with Crippen LogP contribution in [0.25, 0.3) is 0 Å². The zero-order chi connectivity index (χ0) is 7.49. The van der Waals surface area contributed by atoms with Gasteiger partial charge in [-0.3, -0.25) is 0 Å². The van der Waals surface area contributed by atoms with Crippen LogP contribution in [0.15, 0.2) is 0 Å². The molecule has 0 aromatic heterocycles. The maximum atomic E-state index is 10.5. The fourth-order valence-corrected chi connectivity index (χ4v) is 0.377. The summed E-state index contributed by atoms with van der Waals surface area (Å²) in [6.07, 6.45) is 0. The molecule has 1 unspecified atom stereocenters. The summed E-state index contributed by atoms with van der Waals surface area (Å²) in [6, 6.07) is 0. The fourth-order valence-electron chi connectivity index (χ4n) is 0.263. The monoisotopic (exact) mass is 196 g/mol. The highest BCUT2D eigenvalue weighted by atomic mass is 79.9. The molecule has 0 spiro atoms. The van der Waals surface area contributed by atoms with Crippen molar-refractivity contribution in [3.8, 4) is 0 Å². The second kappa shape index (κ2) is 3.17. The van der Waals surface area contributed by atoms with Crippen molar-refractivity contribution in [2.75, 3.05) is 6.61 Å². The summed E-state index contributed by atoms with van der Waals surface area (Å²) in [5, 5.41) is 8.86. The minimum atomic E-state index is -1.54. The Hall–Kier alpha value is -0.0900. The van der Waals surface area contributed by atoms with Gasteiger partial charge < -0.3 is 9.84 Å². The Labute approximate surface area is 62.1 Å². The average molecular weight is 197 g/mol. The molecule has 0 aliphatic rings. The summed E-state index contributed by atoms with van der Waals surface area (Å²) in [4.78, 5) is 10.5. The zero-order valence-corrected chi connectivity index (χ0v) is 6.93. The molecule has 9 heavy (non-hydrogen) atoms. The van der Waals surface area contributed by atoms with Gasteiger partial charge in [-0.2, -0.15) is 0 Å². The molecule has 0 amide bonds. The molecule has 3 nitrogen and oxygen atoms in total. The van der Waals surface area contributed by atoms with Crippen LogP contribution < -0.4 is 0 Å². The molecule has 0 aliphatic carbocycles. The molecule has 0 heterocycles. The number of carbonyl (C=O) groups excluding carboxylic acids is 1. The molecule has 54 valence electrons. The molecule has 0 saturated heterocycles. The van der Waals surface area contributed by atoms with E-state index in [-0.39, 0.29) is 6.61 Å². The Balaban J connectivity index is 3.74. The Morgan fingerprint density at radius 1 is 1.89 bits per heavy atom. The number of rotatable bonds is 2. The predicted molar refractivity (Wildman–Crippen MR) is 36.2 cm³/mol. The van der Waals surface area contributed by atoms with Crippen molar-refractivity contribution in [1.82, 2.24) is 0 Å². The van der Waals surface area contributed by atoms with E-state index < -0.39 is 10.5 Å². The summed E-state index contributed by atoms with van der Waals surface area (Å²) in [5.74, 6) is -0.662. The maximum Gasteiger partial charge on any atom is 0.349 e. The molecule has 0 aromatic carbocycles. The lowest BCUT2D eigenvalue weighted by atomic mass is 10.4. The number of alkyl halides is 1.